The number of aryl methyl sites for hydroxylation is 1. The smallest absolute Gasteiger partial charge is 0.341 e. The van der Waals surface area contributed by atoms with Crippen LogP contribution in [0.4, 0.5) is 5.00 Å². The first-order valence-electron chi connectivity index (χ1n) is 7.92. The van der Waals surface area contributed by atoms with Gasteiger partial charge < -0.3 is 14.8 Å². The molecule has 5 nitrogen and oxygen atoms in total. The normalized spacial score (nSPS) is 10.5. The zero-order chi connectivity index (χ0) is 19.4. The molecule has 0 saturated carbocycles. The van der Waals surface area contributed by atoms with Crippen molar-refractivity contribution < 1.29 is 19.1 Å². The fraction of sp³-hybridized carbons (Fsp3) is 0.158. The SMILES string of the molecule is COC(=O)c1c(-c2cccs2)csc1NC(=O)COc1ccc(Cl)c(C)c1. The second kappa shape index (κ2) is 8.56. The van der Waals surface area contributed by atoms with Crippen LogP contribution in [0.15, 0.2) is 41.1 Å². The van der Waals surface area contributed by atoms with Gasteiger partial charge in [0.1, 0.15) is 16.3 Å². The predicted molar refractivity (Wildman–Crippen MR) is 109 cm³/mol. The van der Waals surface area contributed by atoms with E-state index in [4.69, 9.17) is 21.1 Å². The van der Waals surface area contributed by atoms with E-state index >= 15 is 0 Å². The molecular formula is C19H16ClNO4S2. The lowest BCUT2D eigenvalue weighted by Crippen LogP contribution is -2.21. The quantitative estimate of drug-likeness (QED) is 0.552. The predicted octanol–water partition coefficient (Wildman–Crippen LogP) is 5.24. The second-order valence-electron chi connectivity index (χ2n) is 5.57. The summed E-state index contributed by atoms with van der Waals surface area (Å²) in [5.41, 5.74) is 1.95. The van der Waals surface area contributed by atoms with E-state index < -0.39 is 5.97 Å². The van der Waals surface area contributed by atoms with E-state index in [1.54, 1.807) is 18.2 Å². The molecule has 3 rings (SSSR count). The second-order valence-corrected chi connectivity index (χ2v) is 7.80. The summed E-state index contributed by atoms with van der Waals surface area (Å²) >= 11 is 8.76. The molecule has 0 radical (unpaired) electrons. The summed E-state index contributed by atoms with van der Waals surface area (Å²) in [5, 5.41) is 7.56. The van der Waals surface area contributed by atoms with Gasteiger partial charge in [-0.25, -0.2) is 4.79 Å². The van der Waals surface area contributed by atoms with Crippen LogP contribution in [0.25, 0.3) is 10.4 Å². The zero-order valence-electron chi connectivity index (χ0n) is 14.6. The number of carbonyl (C=O) groups is 2. The first kappa shape index (κ1) is 19.4. The maximum absolute atomic E-state index is 12.3. The van der Waals surface area contributed by atoms with Gasteiger partial charge in [-0.3, -0.25) is 4.79 Å². The van der Waals surface area contributed by atoms with Crippen LogP contribution in [0.3, 0.4) is 0 Å². The first-order valence-corrected chi connectivity index (χ1v) is 10.1. The van der Waals surface area contributed by atoms with Gasteiger partial charge in [-0.2, -0.15) is 0 Å². The molecule has 2 heterocycles. The molecule has 3 aromatic rings. The maximum Gasteiger partial charge on any atom is 0.341 e. The standard InChI is InChI=1S/C19H16ClNO4S2/c1-11-8-12(5-6-14(11)20)25-9-16(22)21-18-17(19(23)24-2)13(10-27-18)15-4-3-7-26-15/h3-8,10H,9H2,1-2H3,(H,21,22). The molecule has 0 unspecified atom stereocenters. The van der Waals surface area contributed by atoms with Crippen LogP contribution in [-0.4, -0.2) is 25.6 Å². The lowest BCUT2D eigenvalue weighted by Gasteiger charge is -2.09. The van der Waals surface area contributed by atoms with Crippen LogP contribution < -0.4 is 10.1 Å². The summed E-state index contributed by atoms with van der Waals surface area (Å²) in [5.74, 6) is -0.317. The third-order valence-corrected chi connectivity index (χ3v) is 5.94. The molecule has 0 fully saturated rings. The molecule has 0 aliphatic rings. The molecule has 0 spiro atoms. The third-order valence-electron chi connectivity index (χ3n) is 3.72. The number of methoxy groups -OCH3 is 1. The van der Waals surface area contributed by atoms with Crippen LogP contribution in [0.5, 0.6) is 5.75 Å². The van der Waals surface area contributed by atoms with Crippen LogP contribution >= 0.6 is 34.3 Å². The zero-order valence-corrected chi connectivity index (χ0v) is 17.0. The molecule has 140 valence electrons. The Hall–Kier alpha value is -2.35. The molecular weight excluding hydrogens is 406 g/mol. The maximum atomic E-state index is 12.3. The van der Waals surface area contributed by atoms with Crippen molar-refractivity contribution in [2.24, 2.45) is 0 Å². The van der Waals surface area contributed by atoms with E-state index in [1.807, 2.05) is 29.8 Å². The molecule has 1 N–H and O–H groups in total. The van der Waals surface area contributed by atoms with Crippen molar-refractivity contribution in [2.75, 3.05) is 19.0 Å². The molecule has 8 heteroatoms. The first-order chi connectivity index (χ1) is 13.0. The number of carbonyl (C=O) groups excluding carboxylic acids is 2. The minimum Gasteiger partial charge on any atom is -0.484 e. The number of ether oxygens (including phenoxy) is 2. The number of hydrogen-bond acceptors (Lipinski definition) is 6. The van der Waals surface area contributed by atoms with Crippen molar-refractivity contribution in [2.45, 2.75) is 6.92 Å². The average molecular weight is 422 g/mol. The van der Waals surface area contributed by atoms with Gasteiger partial charge in [0, 0.05) is 20.8 Å². The molecule has 1 amide bonds. The Kier molecular flexibility index (Phi) is 6.15. The van der Waals surface area contributed by atoms with Crippen LogP contribution in [0.1, 0.15) is 15.9 Å². The van der Waals surface area contributed by atoms with E-state index in [2.05, 4.69) is 5.32 Å². The van der Waals surface area contributed by atoms with Crippen molar-refractivity contribution in [3.05, 3.63) is 57.2 Å². The van der Waals surface area contributed by atoms with Gasteiger partial charge in [0.25, 0.3) is 5.91 Å². The Morgan fingerprint density at radius 3 is 2.70 bits per heavy atom. The van der Waals surface area contributed by atoms with E-state index in [1.165, 1.54) is 29.8 Å². The summed E-state index contributed by atoms with van der Waals surface area (Å²) in [6.45, 7) is 1.67. The van der Waals surface area contributed by atoms with E-state index in [-0.39, 0.29) is 12.5 Å². The number of halogens is 1. The highest BCUT2D eigenvalue weighted by Gasteiger charge is 2.22. The van der Waals surface area contributed by atoms with E-state index in [0.29, 0.717) is 21.3 Å². The molecule has 0 saturated heterocycles. The number of anilines is 1. The van der Waals surface area contributed by atoms with E-state index in [0.717, 1.165) is 16.0 Å². The Morgan fingerprint density at radius 2 is 2.04 bits per heavy atom. The monoisotopic (exact) mass is 421 g/mol. The van der Waals surface area contributed by atoms with Gasteiger partial charge in [-0.1, -0.05) is 17.7 Å². The van der Waals surface area contributed by atoms with Gasteiger partial charge >= 0.3 is 5.97 Å². The van der Waals surface area contributed by atoms with Crippen molar-refractivity contribution in [3.8, 4) is 16.2 Å². The summed E-state index contributed by atoms with van der Waals surface area (Å²) in [4.78, 5) is 25.5. The van der Waals surface area contributed by atoms with Crippen molar-refractivity contribution in [1.29, 1.82) is 0 Å². The lowest BCUT2D eigenvalue weighted by atomic mass is 10.1. The van der Waals surface area contributed by atoms with Gasteiger partial charge in [0.05, 0.1) is 7.11 Å². The van der Waals surface area contributed by atoms with Gasteiger partial charge in [-0.05, 0) is 42.1 Å². The molecule has 0 atom stereocenters. The molecule has 27 heavy (non-hydrogen) atoms. The molecule has 0 bridgehead atoms. The highest BCUT2D eigenvalue weighted by molar-refractivity contribution is 7.17. The largest absolute Gasteiger partial charge is 0.484 e. The Balaban J connectivity index is 1.73. The van der Waals surface area contributed by atoms with Crippen LogP contribution in [0.2, 0.25) is 5.02 Å². The molecule has 2 aromatic heterocycles. The van der Waals surface area contributed by atoms with Crippen molar-refractivity contribution in [3.63, 3.8) is 0 Å². The van der Waals surface area contributed by atoms with Crippen LogP contribution in [-0.2, 0) is 9.53 Å². The lowest BCUT2D eigenvalue weighted by molar-refractivity contribution is -0.118. The number of benzene rings is 1. The third kappa shape index (κ3) is 4.50. The summed E-state index contributed by atoms with van der Waals surface area (Å²) in [6, 6.07) is 8.99. The number of nitrogens with one attached hydrogen (secondary N) is 1. The molecule has 0 aliphatic heterocycles. The highest BCUT2D eigenvalue weighted by Crippen LogP contribution is 2.38. The fourth-order valence-electron chi connectivity index (χ4n) is 2.39. The molecule has 1 aromatic carbocycles. The Morgan fingerprint density at radius 1 is 1.22 bits per heavy atom. The summed E-state index contributed by atoms with van der Waals surface area (Å²) in [6.07, 6.45) is 0. The number of hydrogen-bond donors (Lipinski definition) is 1. The van der Waals surface area contributed by atoms with Crippen molar-refractivity contribution in [1.82, 2.24) is 0 Å². The van der Waals surface area contributed by atoms with Gasteiger partial charge in [0.2, 0.25) is 0 Å². The minimum absolute atomic E-state index is 0.187. The number of esters is 1. The summed E-state index contributed by atoms with van der Waals surface area (Å²) in [7, 11) is 1.32. The van der Waals surface area contributed by atoms with Gasteiger partial charge in [-0.15, -0.1) is 22.7 Å². The average Bonchev–Trinajstić information content (AvgIpc) is 3.31. The topological polar surface area (TPSA) is 64.6 Å². The molecule has 0 aliphatic carbocycles. The van der Waals surface area contributed by atoms with Gasteiger partial charge in [0.15, 0.2) is 6.61 Å². The minimum atomic E-state index is -0.496. The number of thiophene rings is 2. The fourth-order valence-corrected chi connectivity index (χ4v) is 4.29. The Bertz CT molecular complexity index is 966. The van der Waals surface area contributed by atoms with E-state index in [9.17, 15) is 9.59 Å². The van der Waals surface area contributed by atoms with Crippen molar-refractivity contribution >= 4 is 51.2 Å². The summed E-state index contributed by atoms with van der Waals surface area (Å²) < 4.78 is 10.4. The highest BCUT2D eigenvalue weighted by atomic mass is 35.5. The Labute approximate surface area is 169 Å². The number of amides is 1. The van der Waals surface area contributed by atoms with Crippen LogP contribution in [0, 0.1) is 6.92 Å². The number of rotatable bonds is 6.